The molecular formula is C14H17NO2Zn. The molecule has 0 spiro atoms. The van der Waals surface area contributed by atoms with Crippen LogP contribution in [0.25, 0.3) is 11.5 Å². The number of rotatable bonds is 1. The van der Waals surface area contributed by atoms with Gasteiger partial charge in [-0.25, -0.2) is 4.98 Å². The zero-order valence-corrected chi connectivity index (χ0v) is 14.3. The van der Waals surface area contributed by atoms with Crippen LogP contribution in [0.1, 0.15) is 32.2 Å². The number of nitrogens with zero attached hydrogens (tertiary/aromatic N) is 1. The number of hydrogen-bond acceptors (Lipinski definition) is 3. The van der Waals surface area contributed by atoms with Gasteiger partial charge in [0.05, 0.1) is 11.3 Å². The minimum absolute atomic E-state index is 0. The Labute approximate surface area is 120 Å². The number of aryl methyl sites for hydroxylation is 1. The van der Waals surface area contributed by atoms with E-state index in [1.807, 2.05) is 13.0 Å². The second-order valence-corrected chi connectivity index (χ2v) is 5.20. The monoisotopic (exact) mass is 295 g/mol. The van der Waals surface area contributed by atoms with Gasteiger partial charge in [0.25, 0.3) is 0 Å². The van der Waals surface area contributed by atoms with Gasteiger partial charge in [-0.05, 0) is 19.1 Å². The first-order chi connectivity index (χ1) is 7.89. The van der Waals surface area contributed by atoms with Crippen molar-refractivity contribution in [2.24, 2.45) is 0 Å². The molecule has 0 aliphatic heterocycles. The van der Waals surface area contributed by atoms with Crippen LogP contribution in [0.2, 0.25) is 0 Å². The van der Waals surface area contributed by atoms with E-state index in [2.05, 4.69) is 25.8 Å². The Morgan fingerprint density at radius 2 is 1.78 bits per heavy atom. The predicted octanol–water partition coefficient (Wildman–Crippen LogP) is 3.65. The first-order valence-corrected chi connectivity index (χ1v) is 5.66. The summed E-state index contributed by atoms with van der Waals surface area (Å²) in [5.41, 5.74) is 1.42. The third-order valence-corrected chi connectivity index (χ3v) is 2.61. The Kier molecular flexibility index (Phi) is 4.34. The third kappa shape index (κ3) is 2.81. The van der Waals surface area contributed by atoms with Crippen LogP contribution in [-0.2, 0) is 24.9 Å². The molecule has 0 unspecified atom stereocenters. The number of benzene rings is 1. The molecule has 2 aromatic rings. The van der Waals surface area contributed by atoms with E-state index in [1.54, 1.807) is 18.2 Å². The van der Waals surface area contributed by atoms with Gasteiger partial charge in [-0.2, -0.15) is 0 Å². The summed E-state index contributed by atoms with van der Waals surface area (Å²) in [5, 5.41) is 9.77. The van der Waals surface area contributed by atoms with Gasteiger partial charge in [0.2, 0.25) is 5.89 Å². The molecule has 0 saturated carbocycles. The van der Waals surface area contributed by atoms with Crippen molar-refractivity contribution in [1.29, 1.82) is 0 Å². The molecule has 2 rings (SSSR count). The molecule has 1 aromatic heterocycles. The fourth-order valence-corrected chi connectivity index (χ4v) is 1.86. The summed E-state index contributed by atoms with van der Waals surface area (Å²) < 4.78 is 5.77. The number of aromatic nitrogens is 1. The number of para-hydroxylation sites is 1. The van der Waals surface area contributed by atoms with Crippen molar-refractivity contribution in [2.75, 3.05) is 0 Å². The summed E-state index contributed by atoms with van der Waals surface area (Å²) in [6.07, 6.45) is 0. The molecule has 0 bridgehead atoms. The standard InChI is InChI=1S/C14H17NO2.Zn/c1-9-12(14(2,3)4)17-13(15-9)10-7-5-6-8-11(10)16;/h5-8,16H,1-4H3;. The fourth-order valence-electron chi connectivity index (χ4n) is 1.86. The molecule has 0 saturated heterocycles. The third-order valence-electron chi connectivity index (χ3n) is 2.61. The van der Waals surface area contributed by atoms with E-state index in [9.17, 15) is 5.11 Å². The Hall–Kier alpha value is -1.15. The zero-order chi connectivity index (χ0) is 12.6. The van der Waals surface area contributed by atoms with Crippen molar-refractivity contribution in [3.63, 3.8) is 0 Å². The van der Waals surface area contributed by atoms with Crippen molar-refractivity contribution in [2.45, 2.75) is 33.1 Å². The molecule has 92 valence electrons. The quantitative estimate of drug-likeness (QED) is 0.817. The zero-order valence-electron chi connectivity index (χ0n) is 11.3. The normalized spacial score (nSPS) is 11.1. The van der Waals surface area contributed by atoms with E-state index in [1.165, 1.54) is 0 Å². The largest absolute Gasteiger partial charge is 0.507 e. The van der Waals surface area contributed by atoms with Crippen molar-refractivity contribution in [3.05, 3.63) is 35.7 Å². The van der Waals surface area contributed by atoms with Crippen molar-refractivity contribution < 1.29 is 29.0 Å². The molecule has 0 aliphatic rings. The molecule has 18 heavy (non-hydrogen) atoms. The van der Waals surface area contributed by atoms with Crippen LogP contribution in [0.4, 0.5) is 0 Å². The van der Waals surface area contributed by atoms with Crippen LogP contribution in [0, 0.1) is 6.92 Å². The SMILES string of the molecule is Cc1nc(-c2ccccc2O)oc1C(C)(C)C.[Zn]. The number of phenols is 1. The summed E-state index contributed by atoms with van der Waals surface area (Å²) in [4.78, 5) is 4.38. The van der Waals surface area contributed by atoms with Crippen LogP contribution in [0.3, 0.4) is 0 Å². The van der Waals surface area contributed by atoms with Crippen LogP contribution in [0.15, 0.2) is 28.7 Å². The van der Waals surface area contributed by atoms with Gasteiger partial charge in [0.1, 0.15) is 11.5 Å². The smallest absolute Gasteiger partial charge is 0.230 e. The molecule has 0 radical (unpaired) electrons. The van der Waals surface area contributed by atoms with Crippen LogP contribution < -0.4 is 0 Å². The number of phenolic OH excluding ortho intramolecular Hbond substituents is 1. The van der Waals surface area contributed by atoms with E-state index in [-0.39, 0.29) is 30.6 Å². The Morgan fingerprint density at radius 1 is 1.17 bits per heavy atom. The molecule has 3 nitrogen and oxygen atoms in total. The van der Waals surface area contributed by atoms with Gasteiger partial charge < -0.3 is 9.52 Å². The number of hydrogen-bond donors (Lipinski definition) is 1. The molecule has 0 atom stereocenters. The van der Waals surface area contributed by atoms with Crippen molar-refractivity contribution in [3.8, 4) is 17.2 Å². The van der Waals surface area contributed by atoms with Crippen LogP contribution in [0.5, 0.6) is 5.75 Å². The summed E-state index contributed by atoms with van der Waals surface area (Å²) in [7, 11) is 0. The summed E-state index contributed by atoms with van der Waals surface area (Å²) in [5.74, 6) is 1.52. The van der Waals surface area contributed by atoms with Gasteiger partial charge in [-0.15, -0.1) is 0 Å². The van der Waals surface area contributed by atoms with Gasteiger partial charge in [-0.1, -0.05) is 32.9 Å². The molecule has 0 fully saturated rings. The Morgan fingerprint density at radius 3 is 2.28 bits per heavy atom. The maximum absolute atomic E-state index is 9.77. The van der Waals surface area contributed by atoms with E-state index < -0.39 is 0 Å². The Balaban J connectivity index is 0.00000162. The number of aromatic hydroxyl groups is 1. The molecule has 1 heterocycles. The maximum Gasteiger partial charge on any atom is 0.230 e. The van der Waals surface area contributed by atoms with E-state index in [0.717, 1.165) is 11.5 Å². The maximum atomic E-state index is 9.77. The van der Waals surface area contributed by atoms with E-state index >= 15 is 0 Å². The van der Waals surface area contributed by atoms with Gasteiger partial charge in [0, 0.05) is 24.9 Å². The van der Waals surface area contributed by atoms with Gasteiger partial charge >= 0.3 is 0 Å². The first-order valence-electron chi connectivity index (χ1n) is 5.66. The molecule has 0 aliphatic carbocycles. The van der Waals surface area contributed by atoms with Gasteiger partial charge in [0.15, 0.2) is 0 Å². The second kappa shape index (κ2) is 5.23. The fraction of sp³-hybridized carbons (Fsp3) is 0.357. The van der Waals surface area contributed by atoms with E-state index in [0.29, 0.717) is 11.5 Å². The van der Waals surface area contributed by atoms with Crippen LogP contribution >= 0.6 is 0 Å². The Bertz CT molecular complexity index is 541. The minimum atomic E-state index is -0.0836. The summed E-state index contributed by atoms with van der Waals surface area (Å²) in [6, 6.07) is 7.06. The molecular weight excluding hydrogens is 280 g/mol. The molecule has 1 aromatic carbocycles. The van der Waals surface area contributed by atoms with Crippen molar-refractivity contribution >= 4 is 0 Å². The first kappa shape index (κ1) is 14.9. The summed E-state index contributed by atoms with van der Waals surface area (Å²) in [6.45, 7) is 8.16. The molecule has 4 heteroatoms. The topological polar surface area (TPSA) is 46.3 Å². The second-order valence-electron chi connectivity index (χ2n) is 5.20. The van der Waals surface area contributed by atoms with E-state index in [4.69, 9.17) is 4.42 Å². The minimum Gasteiger partial charge on any atom is -0.507 e. The molecule has 0 amide bonds. The average Bonchev–Trinajstić information content (AvgIpc) is 2.60. The van der Waals surface area contributed by atoms with Crippen molar-refractivity contribution in [1.82, 2.24) is 4.98 Å². The van der Waals surface area contributed by atoms with Gasteiger partial charge in [-0.3, -0.25) is 0 Å². The van der Waals surface area contributed by atoms with Crippen LogP contribution in [-0.4, -0.2) is 10.1 Å². The molecule has 1 N–H and O–H groups in total. The number of oxazole rings is 1. The predicted molar refractivity (Wildman–Crippen MR) is 67.0 cm³/mol. The summed E-state index contributed by atoms with van der Waals surface area (Å²) >= 11 is 0. The average molecular weight is 297 g/mol.